The molecule has 10 nitrogen and oxygen atoms in total. The molecule has 2 N–H and O–H groups in total. The average Bonchev–Trinajstić information content (AvgIpc) is 2.97. The highest BCUT2D eigenvalue weighted by molar-refractivity contribution is 7.92. The molecule has 0 saturated heterocycles. The summed E-state index contributed by atoms with van der Waals surface area (Å²) in [5.74, 6) is 1.02. The van der Waals surface area contributed by atoms with Gasteiger partial charge in [-0.1, -0.05) is 36.4 Å². The topological polar surface area (TPSA) is 129 Å². The normalized spacial score (nSPS) is 10.9. The molecule has 0 saturated carbocycles. The van der Waals surface area contributed by atoms with E-state index in [2.05, 4.69) is 14.8 Å². The van der Waals surface area contributed by atoms with Gasteiger partial charge >= 0.3 is 5.97 Å². The van der Waals surface area contributed by atoms with E-state index < -0.39 is 21.9 Å². The van der Waals surface area contributed by atoms with Crippen molar-refractivity contribution in [3.05, 3.63) is 83.9 Å². The number of anilines is 1. The number of hydrogen-bond acceptors (Lipinski definition) is 8. The second-order valence-corrected chi connectivity index (χ2v) is 11.2. The molecule has 11 heteroatoms. The highest BCUT2D eigenvalue weighted by atomic mass is 32.2. The van der Waals surface area contributed by atoms with Gasteiger partial charge in [0.2, 0.25) is 10.0 Å². The maximum Gasteiger partial charge on any atom is 0.307 e. The Morgan fingerprint density at radius 1 is 0.786 bits per heavy atom. The SMILES string of the molecule is COC(=O)CCNC(=O)c1cc(NS(C)(=O)=O)ccc1OCCCc1ccccc1OCCCCOc1ccccc1. The number of unbranched alkanes of at least 4 members (excludes halogenated alkanes) is 1. The number of hydrogen-bond donors (Lipinski definition) is 2. The van der Waals surface area contributed by atoms with Gasteiger partial charge in [-0.3, -0.25) is 14.3 Å². The molecule has 3 aromatic carbocycles. The summed E-state index contributed by atoms with van der Waals surface area (Å²) >= 11 is 0. The number of esters is 1. The third kappa shape index (κ3) is 11.7. The Morgan fingerprint density at radius 2 is 1.45 bits per heavy atom. The zero-order valence-corrected chi connectivity index (χ0v) is 24.8. The summed E-state index contributed by atoms with van der Waals surface area (Å²) in [6.07, 6.45) is 4.11. The van der Waals surface area contributed by atoms with E-state index in [9.17, 15) is 18.0 Å². The number of para-hydroxylation sites is 2. The summed E-state index contributed by atoms with van der Waals surface area (Å²) in [6, 6.07) is 22.0. The standard InChI is InChI=1S/C31H38N2O8S/c1-38-30(34)18-19-32-31(35)27-23-25(33-42(2,36)37)16-17-29(27)41-22-10-12-24-11-6-7-15-28(24)40-21-9-8-20-39-26-13-4-3-5-14-26/h3-7,11,13-17,23,33H,8-10,12,18-22H2,1-2H3,(H,32,35). The molecule has 3 rings (SSSR count). The Labute approximate surface area is 247 Å². The third-order valence-electron chi connectivity index (χ3n) is 6.00. The molecule has 0 unspecified atom stereocenters. The smallest absolute Gasteiger partial charge is 0.307 e. The lowest BCUT2D eigenvalue weighted by atomic mass is 10.1. The van der Waals surface area contributed by atoms with Gasteiger partial charge in [0.1, 0.15) is 17.2 Å². The Kier molecular flexibility index (Phi) is 13.0. The van der Waals surface area contributed by atoms with Crippen LogP contribution in [0.15, 0.2) is 72.8 Å². The maximum absolute atomic E-state index is 12.8. The number of rotatable bonds is 18. The molecule has 0 aliphatic carbocycles. The van der Waals surface area contributed by atoms with Gasteiger partial charge in [0.15, 0.2) is 0 Å². The largest absolute Gasteiger partial charge is 0.494 e. The Balaban J connectivity index is 1.50. The van der Waals surface area contributed by atoms with Crippen LogP contribution in [0.25, 0.3) is 0 Å². The molecule has 226 valence electrons. The number of carbonyl (C=O) groups is 2. The molecule has 1 amide bonds. The highest BCUT2D eigenvalue weighted by Crippen LogP contribution is 2.25. The number of aryl methyl sites for hydroxylation is 1. The molecular formula is C31H38N2O8S. The zero-order valence-electron chi connectivity index (χ0n) is 24.0. The van der Waals surface area contributed by atoms with Crippen LogP contribution in [0.4, 0.5) is 5.69 Å². The Hall–Kier alpha value is -4.25. The minimum absolute atomic E-state index is 0.00263. The van der Waals surface area contributed by atoms with Crippen molar-refractivity contribution in [1.29, 1.82) is 0 Å². The first kappa shape index (κ1) is 32.3. The zero-order chi connectivity index (χ0) is 30.2. The number of methoxy groups -OCH3 is 1. The van der Waals surface area contributed by atoms with Gasteiger partial charge in [0.05, 0.1) is 45.2 Å². The van der Waals surface area contributed by atoms with E-state index in [-0.39, 0.29) is 24.2 Å². The molecule has 0 spiro atoms. The lowest BCUT2D eigenvalue weighted by molar-refractivity contribution is -0.140. The van der Waals surface area contributed by atoms with Crippen molar-refractivity contribution in [2.24, 2.45) is 0 Å². The summed E-state index contributed by atoms with van der Waals surface area (Å²) < 4.78 is 48.0. The molecule has 0 atom stereocenters. The molecule has 42 heavy (non-hydrogen) atoms. The summed E-state index contributed by atoms with van der Waals surface area (Å²) in [7, 11) is -2.28. The average molecular weight is 599 g/mol. The predicted molar refractivity (Wildman–Crippen MR) is 161 cm³/mol. The molecular weight excluding hydrogens is 560 g/mol. The van der Waals surface area contributed by atoms with E-state index in [1.54, 1.807) is 6.07 Å². The van der Waals surface area contributed by atoms with Gasteiger partial charge in [-0.15, -0.1) is 0 Å². The van der Waals surface area contributed by atoms with E-state index in [1.165, 1.54) is 19.2 Å². The highest BCUT2D eigenvalue weighted by Gasteiger charge is 2.16. The van der Waals surface area contributed by atoms with Crippen molar-refractivity contribution < 1.29 is 37.0 Å². The van der Waals surface area contributed by atoms with Crippen LogP contribution in [0.5, 0.6) is 17.2 Å². The fraction of sp³-hybridized carbons (Fsp3) is 0.355. The van der Waals surface area contributed by atoms with Crippen LogP contribution in [0.1, 0.15) is 41.6 Å². The van der Waals surface area contributed by atoms with E-state index in [0.29, 0.717) is 38.4 Å². The van der Waals surface area contributed by atoms with Gasteiger partial charge in [-0.05, 0) is 67.6 Å². The van der Waals surface area contributed by atoms with Gasteiger partial charge in [0.25, 0.3) is 5.91 Å². The van der Waals surface area contributed by atoms with E-state index in [4.69, 9.17) is 14.2 Å². The molecule has 0 aromatic heterocycles. The van der Waals surface area contributed by atoms with Crippen molar-refractivity contribution in [2.75, 3.05) is 44.5 Å². The lowest BCUT2D eigenvalue weighted by Crippen LogP contribution is -2.27. The second-order valence-electron chi connectivity index (χ2n) is 9.44. The molecule has 0 aliphatic rings. The number of nitrogens with one attached hydrogen (secondary N) is 2. The van der Waals surface area contributed by atoms with Crippen LogP contribution in [-0.4, -0.2) is 60.0 Å². The van der Waals surface area contributed by atoms with E-state index >= 15 is 0 Å². The molecule has 0 fully saturated rings. The monoisotopic (exact) mass is 598 g/mol. The van der Waals surface area contributed by atoms with Crippen LogP contribution in [0, 0.1) is 0 Å². The molecule has 3 aromatic rings. The third-order valence-corrected chi connectivity index (χ3v) is 6.61. The van der Waals surface area contributed by atoms with Gasteiger partial charge in [-0.25, -0.2) is 8.42 Å². The lowest BCUT2D eigenvalue weighted by Gasteiger charge is -2.15. The number of amides is 1. The van der Waals surface area contributed by atoms with Crippen molar-refractivity contribution in [3.8, 4) is 17.2 Å². The Morgan fingerprint density at radius 3 is 2.19 bits per heavy atom. The van der Waals surface area contributed by atoms with Gasteiger partial charge in [-0.2, -0.15) is 0 Å². The maximum atomic E-state index is 12.8. The summed E-state index contributed by atoms with van der Waals surface area (Å²) in [6.45, 7) is 1.58. The predicted octanol–water partition coefficient (Wildman–Crippen LogP) is 4.60. The molecule has 0 aliphatic heterocycles. The quantitative estimate of drug-likeness (QED) is 0.161. The molecule has 0 radical (unpaired) electrons. The first-order valence-electron chi connectivity index (χ1n) is 13.7. The first-order chi connectivity index (χ1) is 20.2. The fourth-order valence-corrected chi connectivity index (χ4v) is 4.53. The van der Waals surface area contributed by atoms with Crippen LogP contribution >= 0.6 is 0 Å². The summed E-state index contributed by atoms with van der Waals surface area (Å²) in [4.78, 5) is 24.2. The fourth-order valence-electron chi connectivity index (χ4n) is 3.98. The minimum Gasteiger partial charge on any atom is -0.494 e. The van der Waals surface area contributed by atoms with Crippen LogP contribution < -0.4 is 24.2 Å². The number of sulfonamides is 1. The van der Waals surface area contributed by atoms with Crippen LogP contribution in [0.3, 0.4) is 0 Å². The molecule has 0 heterocycles. The van der Waals surface area contributed by atoms with Crippen molar-refractivity contribution in [1.82, 2.24) is 5.32 Å². The van der Waals surface area contributed by atoms with Crippen LogP contribution in [-0.2, 0) is 26.0 Å². The summed E-state index contributed by atoms with van der Waals surface area (Å²) in [5.41, 5.74) is 1.42. The minimum atomic E-state index is -3.54. The van der Waals surface area contributed by atoms with Gasteiger partial charge < -0.3 is 24.3 Å². The van der Waals surface area contributed by atoms with Crippen molar-refractivity contribution in [2.45, 2.75) is 32.1 Å². The van der Waals surface area contributed by atoms with Gasteiger partial charge in [0, 0.05) is 12.2 Å². The van der Waals surface area contributed by atoms with Crippen molar-refractivity contribution in [3.63, 3.8) is 0 Å². The molecule has 0 bridgehead atoms. The first-order valence-corrected chi connectivity index (χ1v) is 15.6. The Bertz CT molecular complexity index is 1400. The number of ether oxygens (including phenoxy) is 4. The summed E-state index contributed by atoms with van der Waals surface area (Å²) in [5, 5.41) is 2.64. The van der Waals surface area contributed by atoms with Crippen LogP contribution in [0.2, 0.25) is 0 Å². The number of carbonyl (C=O) groups excluding carboxylic acids is 2. The second kappa shape index (κ2) is 16.9. The van der Waals surface area contributed by atoms with Crippen molar-refractivity contribution >= 4 is 27.6 Å². The van der Waals surface area contributed by atoms with E-state index in [0.717, 1.165) is 36.2 Å². The number of benzene rings is 3. The van der Waals surface area contributed by atoms with E-state index in [1.807, 2.05) is 54.6 Å².